The van der Waals surface area contributed by atoms with E-state index in [4.69, 9.17) is 5.73 Å². The van der Waals surface area contributed by atoms with Gasteiger partial charge in [0.25, 0.3) is 0 Å². The topological polar surface area (TPSA) is 46.3 Å². The highest BCUT2D eigenvalue weighted by atomic mass is 19.2. The van der Waals surface area contributed by atoms with Crippen LogP contribution in [0.25, 0.3) is 0 Å². The summed E-state index contributed by atoms with van der Waals surface area (Å²) in [4.78, 5) is 13.8. The number of amides is 1. The Morgan fingerprint density at radius 1 is 1.18 bits per heavy atom. The predicted molar refractivity (Wildman–Crippen MR) is 81.1 cm³/mol. The lowest BCUT2D eigenvalue weighted by atomic mass is 10.0. The largest absolute Gasteiger partial charge is 0.343 e. The summed E-state index contributed by atoms with van der Waals surface area (Å²) >= 11 is 0. The number of hydrogen-bond acceptors (Lipinski definition) is 2. The van der Waals surface area contributed by atoms with Crippen molar-refractivity contribution < 1.29 is 18.0 Å². The second-order valence-electron chi connectivity index (χ2n) is 5.47. The molecular weight excluding hydrogens is 293 g/mol. The fraction of sp³-hybridized carbons (Fsp3) is 0.562. The highest BCUT2D eigenvalue weighted by Crippen LogP contribution is 2.18. The molecule has 1 rings (SSSR count). The van der Waals surface area contributed by atoms with Crippen LogP contribution in [0.5, 0.6) is 0 Å². The lowest BCUT2D eigenvalue weighted by molar-refractivity contribution is -0.132. The van der Waals surface area contributed by atoms with Gasteiger partial charge in [-0.3, -0.25) is 4.79 Å². The van der Waals surface area contributed by atoms with Crippen molar-refractivity contribution >= 4 is 5.91 Å². The van der Waals surface area contributed by atoms with Crippen molar-refractivity contribution in [3.63, 3.8) is 0 Å². The van der Waals surface area contributed by atoms with Crippen molar-refractivity contribution in [2.75, 3.05) is 19.8 Å². The van der Waals surface area contributed by atoms with E-state index >= 15 is 0 Å². The first kappa shape index (κ1) is 18.5. The number of hydrogen-bond donors (Lipinski definition) is 1. The van der Waals surface area contributed by atoms with Crippen molar-refractivity contribution in [2.24, 2.45) is 5.73 Å². The van der Waals surface area contributed by atoms with Crippen molar-refractivity contribution in [1.29, 1.82) is 0 Å². The molecule has 0 aromatic heterocycles. The van der Waals surface area contributed by atoms with Gasteiger partial charge in [0, 0.05) is 25.6 Å². The molecule has 1 unspecified atom stereocenters. The molecule has 0 bridgehead atoms. The fourth-order valence-corrected chi connectivity index (χ4v) is 2.38. The Balaban J connectivity index is 2.45. The van der Waals surface area contributed by atoms with Crippen molar-refractivity contribution in [2.45, 2.75) is 38.1 Å². The first-order chi connectivity index (χ1) is 10.4. The van der Waals surface area contributed by atoms with Gasteiger partial charge in [-0.05, 0) is 37.8 Å². The maximum atomic E-state index is 13.3. The SMILES string of the molecule is C=C(/C=C(F)\C(F)=C/CF)CC(N)CC(=O)N1CCCCC1. The Labute approximate surface area is 129 Å². The van der Waals surface area contributed by atoms with Crippen LogP contribution in [0.1, 0.15) is 32.1 Å². The van der Waals surface area contributed by atoms with E-state index in [0.29, 0.717) is 6.08 Å². The second kappa shape index (κ2) is 9.46. The molecule has 0 saturated carbocycles. The van der Waals surface area contributed by atoms with E-state index in [1.165, 1.54) is 0 Å². The van der Waals surface area contributed by atoms with Crippen molar-refractivity contribution in [3.8, 4) is 0 Å². The van der Waals surface area contributed by atoms with Crippen LogP contribution in [0.4, 0.5) is 13.2 Å². The van der Waals surface area contributed by atoms with E-state index in [-0.39, 0.29) is 24.3 Å². The molecule has 0 aromatic rings. The third-order valence-corrected chi connectivity index (χ3v) is 3.49. The Morgan fingerprint density at radius 3 is 2.41 bits per heavy atom. The molecule has 1 saturated heterocycles. The molecule has 3 nitrogen and oxygen atoms in total. The minimum Gasteiger partial charge on any atom is -0.343 e. The third-order valence-electron chi connectivity index (χ3n) is 3.49. The Hall–Kier alpha value is -1.56. The summed E-state index contributed by atoms with van der Waals surface area (Å²) in [7, 11) is 0. The molecular formula is C16H23F3N2O. The Kier molecular flexibility index (Phi) is 7.95. The summed E-state index contributed by atoms with van der Waals surface area (Å²) in [5, 5.41) is 0. The number of carbonyl (C=O) groups is 1. The van der Waals surface area contributed by atoms with Crippen LogP contribution in [0.2, 0.25) is 0 Å². The molecule has 1 amide bonds. The highest BCUT2D eigenvalue weighted by molar-refractivity contribution is 5.76. The van der Waals surface area contributed by atoms with Gasteiger partial charge in [0.05, 0.1) is 0 Å². The van der Waals surface area contributed by atoms with Crippen LogP contribution < -0.4 is 5.73 Å². The summed E-state index contributed by atoms with van der Waals surface area (Å²) in [6.45, 7) is 4.01. The molecule has 22 heavy (non-hydrogen) atoms. The number of nitrogens with two attached hydrogens (primary N) is 1. The summed E-state index contributed by atoms with van der Waals surface area (Å²) in [6, 6.07) is -0.501. The number of halogens is 3. The molecule has 1 aliphatic heterocycles. The number of piperidine rings is 1. The molecule has 0 spiro atoms. The maximum absolute atomic E-state index is 13.3. The molecule has 1 fully saturated rings. The summed E-state index contributed by atoms with van der Waals surface area (Å²) < 4.78 is 38.2. The minimum absolute atomic E-state index is 0.0204. The van der Waals surface area contributed by atoms with Crippen molar-refractivity contribution in [1.82, 2.24) is 4.90 Å². The van der Waals surface area contributed by atoms with Crippen LogP contribution in [-0.4, -0.2) is 36.6 Å². The molecule has 2 N–H and O–H groups in total. The van der Waals surface area contributed by atoms with E-state index in [9.17, 15) is 18.0 Å². The third kappa shape index (κ3) is 6.47. The molecule has 0 radical (unpaired) electrons. The van der Waals surface area contributed by atoms with Crippen LogP contribution >= 0.6 is 0 Å². The monoisotopic (exact) mass is 316 g/mol. The van der Waals surface area contributed by atoms with Gasteiger partial charge in [-0.15, -0.1) is 0 Å². The van der Waals surface area contributed by atoms with Crippen LogP contribution in [0.3, 0.4) is 0 Å². The number of alkyl halides is 1. The number of rotatable bonds is 7. The molecule has 1 atom stereocenters. The minimum atomic E-state index is -1.26. The van der Waals surface area contributed by atoms with Crippen molar-refractivity contribution in [3.05, 3.63) is 36.0 Å². The average Bonchev–Trinajstić information content (AvgIpc) is 2.47. The number of carbonyl (C=O) groups excluding carboxylic acids is 1. The normalized spacial score (nSPS) is 18.3. The quantitative estimate of drug-likeness (QED) is 0.732. The van der Waals surface area contributed by atoms with E-state index in [0.717, 1.165) is 38.4 Å². The van der Waals surface area contributed by atoms with Gasteiger partial charge in [0.15, 0.2) is 11.7 Å². The van der Waals surface area contributed by atoms with Gasteiger partial charge in [-0.25, -0.2) is 13.2 Å². The first-order valence-corrected chi connectivity index (χ1v) is 7.44. The lowest BCUT2D eigenvalue weighted by Gasteiger charge is -2.27. The Morgan fingerprint density at radius 2 is 1.82 bits per heavy atom. The van der Waals surface area contributed by atoms with Gasteiger partial charge in [0.1, 0.15) is 6.67 Å². The first-order valence-electron chi connectivity index (χ1n) is 7.44. The zero-order valence-electron chi connectivity index (χ0n) is 12.7. The molecule has 0 aliphatic carbocycles. The van der Waals surface area contributed by atoms with E-state index in [1.807, 2.05) is 0 Å². The molecule has 1 heterocycles. The number of allylic oxidation sites excluding steroid dienone is 4. The van der Waals surface area contributed by atoms with Gasteiger partial charge in [-0.2, -0.15) is 0 Å². The maximum Gasteiger partial charge on any atom is 0.224 e. The van der Waals surface area contributed by atoms with E-state index < -0.39 is 24.4 Å². The van der Waals surface area contributed by atoms with E-state index in [2.05, 4.69) is 6.58 Å². The summed E-state index contributed by atoms with van der Waals surface area (Å²) in [5.41, 5.74) is 6.13. The average molecular weight is 316 g/mol. The number of nitrogens with zero attached hydrogens (tertiary/aromatic N) is 1. The summed E-state index contributed by atoms with van der Waals surface area (Å²) in [6.07, 6.45) is 4.84. The van der Waals surface area contributed by atoms with Gasteiger partial charge < -0.3 is 10.6 Å². The van der Waals surface area contributed by atoms with Crippen LogP contribution in [0, 0.1) is 0 Å². The van der Waals surface area contributed by atoms with Gasteiger partial charge in [-0.1, -0.05) is 12.2 Å². The van der Waals surface area contributed by atoms with E-state index in [1.54, 1.807) is 4.90 Å². The highest BCUT2D eigenvalue weighted by Gasteiger charge is 2.19. The predicted octanol–water partition coefficient (Wildman–Crippen LogP) is 3.34. The smallest absolute Gasteiger partial charge is 0.224 e. The molecule has 6 heteroatoms. The zero-order valence-corrected chi connectivity index (χ0v) is 12.7. The lowest BCUT2D eigenvalue weighted by Crippen LogP contribution is -2.39. The van der Waals surface area contributed by atoms with Gasteiger partial charge in [0.2, 0.25) is 5.91 Å². The molecule has 1 aliphatic rings. The zero-order chi connectivity index (χ0) is 16.5. The van der Waals surface area contributed by atoms with Gasteiger partial charge >= 0.3 is 0 Å². The van der Waals surface area contributed by atoms with Crippen LogP contribution in [0.15, 0.2) is 36.0 Å². The standard InChI is InChI=1S/C16H23F3N2O/c1-12(10-15(19)14(18)5-6-17)9-13(20)11-16(22)21-7-3-2-4-8-21/h5,10,13H,1-4,6-9,11,20H2/b14-5+,15-10+. The number of likely N-dealkylation sites (tertiary alicyclic amines) is 1. The molecule has 124 valence electrons. The fourth-order valence-electron chi connectivity index (χ4n) is 2.38. The summed E-state index contributed by atoms with van der Waals surface area (Å²) in [5.74, 6) is -2.47. The molecule has 0 aromatic carbocycles. The Bertz CT molecular complexity index is 454. The second-order valence-corrected chi connectivity index (χ2v) is 5.47. The van der Waals surface area contributed by atoms with Crippen LogP contribution in [-0.2, 0) is 4.79 Å².